The van der Waals surface area contributed by atoms with Gasteiger partial charge in [-0.1, -0.05) is 37.6 Å². The molecule has 1 aliphatic heterocycles. The van der Waals surface area contributed by atoms with Crippen molar-refractivity contribution in [3.8, 4) is 0 Å². The Labute approximate surface area is 132 Å². The molecule has 1 aromatic carbocycles. The summed E-state index contributed by atoms with van der Waals surface area (Å²) in [4.78, 5) is 2.15. The molecule has 1 aliphatic rings. The van der Waals surface area contributed by atoms with Gasteiger partial charge in [0.25, 0.3) is 0 Å². The summed E-state index contributed by atoms with van der Waals surface area (Å²) in [7, 11) is -3.12. The molecule has 1 saturated heterocycles. The van der Waals surface area contributed by atoms with E-state index in [0.717, 1.165) is 5.69 Å². The molecule has 0 saturated carbocycles. The van der Waals surface area contributed by atoms with Crippen LogP contribution in [0.3, 0.4) is 0 Å². The number of hydrogen-bond acceptors (Lipinski definition) is 3. The normalized spacial score (nSPS) is 17.4. The molecule has 0 amide bonds. The van der Waals surface area contributed by atoms with Crippen LogP contribution in [0.2, 0.25) is 5.02 Å². The van der Waals surface area contributed by atoms with E-state index in [4.69, 9.17) is 11.6 Å². The first-order chi connectivity index (χ1) is 9.90. The summed E-state index contributed by atoms with van der Waals surface area (Å²) in [5.74, 6) is 0.653. The van der Waals surface area contributed by atoms with Crippen LogP contribution in [0.1, 0.15) is 20.3 Å². The van der Waals surface area contributed by atoms with Gasteiger partial charge >= 0.3 is 0 Å². The molecule has 0 radical (unpaired) electrons. The van der Waals surface area contributed by atoms with Crippen molar-refractivity contribution in [2.75, 3.05) is 36.8 Å². The highest BCUT2D eigenvalue weighted by molar-refractivity contribution is 7.89. The Morgan fingerprint density at radius 1 is 1.14 bits per heavy atom. The van der Waals surface area contributed by atoms with Crippen LogP contribution in [0.4, 0.5) is 5.69 Å². The van der Waals surface area contributed by atoms with Crippen molar-refractivity contribution < 1.29 is 8.42 Å². The Morgan fingerprint density at radius 2 is 1.76 bits per heavy atom. The van der Waals surface area contributed by atoms with E-state index >= 15 is 0 Å². The van der Waals surface area contributed by atoms with Crippen molar-refractivity contribution in [3.05, 3.63) is 29.3 Å². The SMILES string of the molecule is CC(C)CCS(=O)(=O)N1CCN(c2ccccc2Cl)CC1. The fourth-order valence-electron chi connectivity index (χ4n) is 2.43. The van der Waals surface area contributed by atoms with E-state index in [9.17, 15) is 8.42 Å². The lowest BCUT2D eigenvalue weighted by atomic mass is 10.2. The third kappa shape index (κ3) is 4.34. The van der Waals surface area contributed by atoms with Gasteiger partial charge in [-0.25, -0.2) is 8.42 Å². The van der Waals surface area contributed by atoms with Crippen molar-refractivity contribution in [2.45, 2.75) is 20.3 Å². The van der Waals surface area contributed by atoms with E-state index in [1.165, 1.54) is 0 Å². The molecule has 0 aromatic heterocycles. The van der Waals surface area contributed by atoms with E-state index in [1.54, 1.807) is 4.31 Å². The summed E-state index contributed by atoms with van der Waals surface area (Å²) in [6.45, 7) is 6.53. The van der Waals surface area contributed by atoms with Crippen molar-refractivity contribution in [2.24, 2.45) is 5.92 Å². The highest BCUT2D eigenvalue weighted by Crippen LogP contribution is 2.26. The van der Waals surface area contributed by atoms with Crippen LogP contribution < -0.4 is 4.90 Å². The predicted molar refractivity (Wildman–Crippen MR) is 88.5 cm³/mol. The van der Waals surface area contributed by atoms with Gasteiger partial charge in [0.05, 0.1) is 16.5 Å². The van der Waals surface area contributed by atoms with Crippen molar-refractivity contribution in [1.82, 2.24) is 4.31 Å². The number of anilines is 1. The van der Waals surface area contributed by atoms with E-state index in [-0.39, 0.29) is 5.75 Å². The standard InChI is InChI=1S/C15H23ClN2O2S/c1-13(2)7-12-21(19,20)18-10-8-17(9-11-18)15-6-4-3-5-14(15)16/h3-6,13H,7-12H2,1-2H3. The number of benzene rings is 1. The minimum Gasteiger partial charge on any atom is -0.368 e. The average molecular weight is 331 g/mol. The molecule has 0 N–H and O–H groups in total. The van der Waals surface area contributed by atoms with Gasteiger partial charge in [-0.15, -0.1) is 0 Å². The maximum Gasteiger partial charge on any atom is 0.214 e. The molecule has 2 rings (SSSR count). The molecule has 0 spiro atoms. The summed E-state index contributed by atoms with van der Waals surface area (Å²) >= 11 is 6.19. The van der Waals surface area contributed by atoms with Crippen molar-refractivity contribution >= 4 is 27.3 Å². The largest absolute Gasteiger partial charge is 0.368 e. The Bertz CT molecular complexity index is 567. The quantitative estimate of drug-likeness (QED) is 0.833. The number of rotatable bonds is 5. The smallest absolute Gasteiger partial charge is 0.214 e. The molecule has 0 bridgehead atoms. The molecule has 118 valence electrons. The maximum atomic E-state index is 12.3. The van der Waals surface area contributed by atoms with E-state index < -0.39 is 10.0 Å². The van der Waals surface area contributed by atoms with Crippen LogP contribution in [0.15, 0.2) is 24.3 Å². The summed E-state index contributed by atoms with van der Waals surface area (Å²) in [6.07, 6.45) is 0.715. The molecule has 21 heavy (non-hydrogen) atoms. The predicted octanol–water partition coefficient (Wildman–Crippen LogP) is 2.84. The fraction of sp³-hybridized carbons (Fsp3) is 0.600. The minimum atomic E-state index is -3.12. The molecular formula is C15H23ClN2O2S. The average Bonchev–Trinajstić information content (AvgIpc) is 2.46. The minimum absolute atomic E-state index is 0.247. The van der Waals surface area contributed by atoms with Crippen LogP contribution in [0.25, 0.3) is 0 Å². The lowest BCUT2D eigenvalue weighted by Crippen LogP contribution is -2.49. The Kier molecular flexibility index (Phi) is 5.52. The molecule has 1 fully saturated rings. The molecule has 0 atom stereocenters. The second kappa shape index (κ2) is 6.99. The number of nitrogens with zero attached hydrogens (tertiary/aromatic N) is 2. The fourth-order valence-corrected chi connectivity index (χ4v) is 4.43. The molecule has 0 aliphatic carbocycles. The third-order valence-electron chi connectivity index (χ3n) is 3.78. The zero-order valence-corrected chi connectivity index (χ0v) is 14.2. The number of sulfonamides is 1. The van der Waals surface area contributed by atoms with Crippen molar-refractivity contribution in [3.63, 3.8) is 0 Å². The second-order valence-electron chi connectivity index (χ2n) is 5.84. The van der Waals surface area contributed by atoms with Gasteiger partial charge in [0, 0.05) is 26.2 Å². The first-order valence-electron chi connectivity index (χ1n) is 7.37. The van der Waals surface area contributed by atoms with Gasteiger partial charge in [0.15, 0.2) is 0 Å². The maximum absolute atomic E-state index is 12.3. The van der Waals surface area contributed by atoms with E-state index in [0.29, 0.717) is 43.5 Å². The van der Waals surface area contributed by atoms with Crippen LogP contribution in [-0.2, 0) is 10.0 Å². The summed E-state index contributed by atoms with van der Waals surface area (Å²) < 4.78 is 26.2. The molecule has 4 nitrogen and oxygen atoms in total. The summed E-state index contributed by atoms with van der Waals surface area (Å²) in [6, 6.07) is 7.69. The highest BCUT2D eigenvalue weighted by Gasteiger charge is 2.27. The molecular weight excluding hydrogens is 308 g/mol. The lowest BCUT2D eigenvalue weighted by Gasteiger charge is -2.35. The molecule has 1 aromatic rings. The van der Waals surface area contributed by atoms with Gasteiger partial charge in [-0.3, -0.25) is 0 Å². The first kappa shape index (κ1) is 16.6. The Morgan fingerprint density at radius 3 is 2.33 bits per heavy atom. The van der Waals surface area contributed by atoms with Gasteiger partial charge in [-0.05, 0) is 24.5 Å². The first-order valence-corrected chi connectivity index (χ1v) is 9.36. The number of para-hydroxylation sites is 1. The van der Waals surface area contributed by atoms with Crippen molar-refractivity contribution in [1.29, 1.82) is 0 Å². The number of halogens is 1. The van der Waals surface area contributed by atoms with E-state index in [2.05, 4.69) is 4.90 Å². The van der Waals surface area contributed by atoms with Gasteiger partial charge in [0.2, 0.25) is 10.0 Å². The zero-order valence-electron chi connectivity index (χ0n) is 12.6. The molecule has 0 unspecified atom stereocenters. The Hall–Kier alpha value is -0.780. The zero-order chi connectivity index (χ0) is 15.5. The van der Waals surface area contributed by atoms with Crippen LogP contribution in [0, 0.1) is 5.92 Å². The lowest BCUT2D eigenvalue weighted by molar-refractivity contribution is 0.383. The Balaban J connectivity index is 1.96. The molecule has 6 heteroatoms. The van der Waals surface area contributed by atoms with Gasteiger partial charge in [0.1, 0.15) is 0 Å². The molecule has 1 heterocycles. The topological polar surface area (TPSA) is 40.6 Å². The van der Waals surface area contributed by atoms with Crippen LogP contribution in [0.5, 0.6) is 0 Å². The second-order valence-corrected chi connectivity index (χ2v) is 8.33. The monoisotopic (exact) mass is 330 g/mol. The van der Waals surface area contributed by atoms with Gasteiger partial charge in [-0.2, -0.15) is 4.31 Å². The van der Waals surface area contributed by atoms with Crippen LogP contribution in [-0.4, -0.2) is 44.7 Å². The van der Waals surface area contributed by atoms with Crippen LogP contribution >= 0.6 is 11.6 Å². The highest BCUT2D eigenvalue weighted by atomic mass is 35.5. The third-order valence-corrected chi connectivity index (χ3v) is 6.00. The number of hydrogen-bond donors (Lipinski definition) is 0. The van der Waals surface area contributed by atoms with E-state index in [1.807, 2.05) is 38.1 Å². The summed E-state index contributed by atoms with van der Waals surface area (Å²) in [5, 5.41) is 0.716. The number of piperazine rings is 1. The summed E-state index contributed by atoms with van der Waals surface area (Å²) in [5.41, 5.74) is 0.985. The van der Waals surface area contributed by atoms with Gasteiger partial charge < -0.3 is 4.90 Å².